The molecule has 25 heavy (non-hydrogen) atoms. The Hall–Kier alpha value is -2.93. The van der Waals surface area contributed by atoms with Crippen molar-refractivity contribution in [3.8, 4) is 0 Å². The fraction of sp³-hybridized carbons (Fsp3) is 0.125. The van der Waals surface area contributed by atoms with Crippen LogP contribution in [0.15, 0.2) is 72.8 Å². The normalized spacial score (nSPS) is 11.4. The number of Topliss-reactive ketones (excluding diaryl/α,β-unsaturated/α-hetero) is 1. The molecule has 0 heterocycles. The molecule has 3 aromatic carbocycles. The lowest BCUT2D eigenvalue weighted by atomic mass is 9.89. The molecule has 0 saturated carbocycles. The van der Waals surface area contributed by atoms with Crippen LogP contribution in [-0.4, -0.2) is 5.78 Å². The minimum absolute atomic E-state index is 0.0741. The van der Waals surface area contributed by atoms with Gasteiger partial charge in [-0.2, -0.15) is 0 Å². The van der Waals surface area contributed by atoms with Gasteiger partial charge in [0.15, 0.2) is 5.78 Å². The Bertz CT molecular complexity index is 896. The van der Waals surface area contributed by atoms with E-state index in [1.54, 1.807) is 0 Å². The van der Waals surface area contributed by atoms with Gasteiger partial charge >= 0.3 is 0 Å². The minimum Gasteiger partial charge on any atom is -0.289 e. The van der Waals surface area contributed by atoms with E-state index >= 15 is 0 Å². The molecular weight excluding hydrogens is 304 g/mol. The Morgan fingerprint density at radius 3 is 1.84 bits per heavy atom. The van der Waals surface area contributed by atoms with Crippen molar-refractivity contribution in [2.45, 2.75) is 20.8 Å². The van der Waals surface area contributed by atoms with Gasteiger partial charge in [0.2, 0.25) is 0 Å². The molecule has 0 saturated heterocycles. The monoisotopic (exact) mass is 326 g/mol. The molecule has 0 radical (unpaired) electrons. The van der Waals surface area contributed by atoms with Crippen LogP contribution in [0.2, 0.25) is 0 Å². The maximum Gasteiger partial charge on any atom is 0.194 e. The molecule has 0 fully saturated rings. The predicted octanol–water partition coefficient (Wildman–Crippen LogP) is 6.04. The zero-order chi connectivity index (χ0) is 17.8. The van der Waals surface area contributed by atoms with Crippen LogP contribution in [0.3, 0.4) is 0 Å². The van der Waals surface area contributed by atoms with E-state index in [9.17, 15) is 4.79 Å². The summed E-state index contributed by atoms with van der Waals surface area (Å²) in [5, 5.41) is 0. The van der Waals surface area contributed by atoms with E-state index in [-0.39, 0.29) is 5.78 Å². The van der Waals surface area contributed by atoms with E-state index in [2.05, 4.69) is 19.1 Å². The summed E-state index contributed by atoms with van der Waals surface area (Å²) in [5.41, 5.74) is 6.72. The van der Waals surface area contributed by atoms with Crippen molar-refractivity contribution in [3.63, 3.8) is 0 Å². The third kappa shape index (κ3) is 3.77. The van der Waals surface area contributed by atoms with Crippen molar-refractivity contribution in [2.75, 3.05) is 0 Å². The fourth-order valence-corrected chi connectivity index (χ4v) is 3.29. The van der Waals surface area contributed by atoms with Gasteiger partial charge in [-0.05, 0) is 49.1 Å². The summed E-state index contributed by atoms with van der Waals surface area (Å²) in [4.78, 5) is 13.4. The quantitative estimate of drug-likeness (QED) is 0.325. The molecule has 1 nitrogen and oxygen atoms in total. The third-order valence-electron chi connectivity index (χ3n) is 4.34. The number of hydrogen-bond donors (Lipinski definition) is 0. The smallest absolute Gasteiger partial charge is 0.194 e. The number of ketones is 1. The Kier molecular flexibility index (Phi) is 4.95. The second-order valence-electron chi connectivity index (χ2n) is 6.44. The zero-order valence-electron chi connectivity index (χ0n) is 14.9. The van der Waals surface area contributed by atoms with E-state index in [4.69, 9.17) is 0 Å². The highest BCUT2D eigenvalue weighted by molar-refractivity contribution is 6.33. The SMILES string of the molecule is Cc1cc(C)c(C(=O)/C(=C/c2ccccc2)c2ccccc2)c(C)c1. The lowest BCUT2D eigenvalue weighted by Crippen LogP contribution is -2.08. The molecule has 0 bridgehead atoms. The molecule has 0 unspecified atom stereocenters. The van der Waals surface area contributed by atoms with Gasteiger partial charge in [-0.1, -0.05) is 78.4 Å². The van der Waals surface area contributed by atoms with Gasteiger partial charge in [0, 0.05) is 11.1 Å². The van der Waals surface area contributed by atoms with E-state index in [0.29, 0.717) is 0 Å². The van der Waals surface area contributed by atoms with Gasteiger partial charge < -0.3 is 0 Å². The van der Waals surface area contributed by atoms with Crippen LogP contribution in [0.4, 0.5) is 0 Å². The summed E-state index contributed by atoms with van der Waals surface area (Å²) in [7, 11) is 0. The average Bonchev–Trinajstić information content (AvgIpc) is 2.60. The van der Waals surface area contributed by atoms with E-state index in [1.165, 1.54) is 5.56 Å². The number of carbonyl (C=O) groups is 1. The topological polar surface area (TPSA) is 17.1 Å². The van der Waals surface area contributed by atoms with Gasteiger partial charge in [-0.25, -0.2) is 0 Å². The second kappa shape index (κ2) is 7.31. The van der Waals surface area contributed by atoms with Gasteiger partial charge in [0.05, 0.1) is 0 Å². The molecule has 0 aliphatic carbocycles. The first-order valence-corrected chi connectivity index (χ1v) is 8.51. The Balaban J connectivity index is 2.16. The van der Waals surface area contributed by atoms with Gasteiger partial charge in [0.1, 0.15) is 0 Å². The van der Waals surface area contributed by atoms with Crippen LogP contribution in [0.5, 0.6) is 0 Å². The summed E-state index contributed by atoms with van der Waals surface area (Å²) in [6.45, 7) is 6.09. The maximum atomic E-state index is 13.4. The minimum atomic E-state index is 0.0741. The second-order valence-corrected chi connectivity index (χ2v) is 6.44. The summed E-state index contributed by atoms with van der Waals surface area (Å²) in [6, 6.07) is 24.0. The zero-order valence-corrected chi connectivity index (χ0v) is 14.9. The summed E-state index contributed by atoms with van der Waals surface area (Å²) >= 11 is 0. The largest absolute Gasteiger partial charge is 0.289 e. The Labute approximate surface area is 149 Å². The molecule has 0 N–H and O–H groups in total. The molecule has 0 aromatic heterocycles. The molecule has 0 aliphatic rings. The molecule has 0 spiro atoms. The van der Waals surface area contributed by atoms with Crippen LogP contribution < -0.4 is 0 Å². The van der Waals surface area contributed by atoms with Crippen LogP contribution in [0.1, 0.15) is 38.2 Å². The van der Waals surface area contributed by atoms with Gasteiger partial charge in [-0.15, -0.1) is 0 Å². The van der Waals surface area contributed by atoms with Gasteiger partial charge in [-0.3, -0.25) is 4.79 Å². The molecule has 124 valence electrons. The lowest BCUT2D eigenvalue weighted by molar-refractivity contribution is 0.105. The summed E-state index contributed by atoms with van der Waals surface area (Å²) < 4.78 is 0. The molecule has 3 aromatic rings. The lowest BCUT2D eigenvalue weighted by Gasteiger charge is -2.13. The van der Waals surface area contributed by atoms with Gasteiger partial charge in [0.25, 0.3) is 0 Å². The molecule has 0 atom stereocenters. The number of hydrogen-bond acceptors (Lipinski definition) is 1. The molecule has 3 rings (SSSR count). The van der Waals surface area contributed by atoms with Crippen molar-refractivity contribution in [3.05, 3.63) is 106 Å². The van der Waals surface area contributed by atoms with Crippen LogP contribution in [0, 0.1) is 20.8 Å². The van der Waals surface area contributed by atoms with Crippen molar-refractivity contribution in [2.24, 2.45) is 0 Å². The molecule has 1 heteroatoms. The molecular formula is C24H22O. The van der Waals surface area contributed by atoms with Crippen LogP contribution >= 0.6 is 0 Å². The van der Waals surface area contributed by atoms with E-state index in [1.807, 2.05) is 80.6 Å². The number of aryl methyl sites for hydroxylation is 3. The molecule has 0 amide bonds. The number of benzene rings is 3. The first-order chi connectivity index (χ1) is 12.1. The van der Waals surface area contributed by atoms with Crippen molar-refractivity contribution >= 4 is 17.4 Å². The summed E-state index contributed by atoms with van der Waals surface area (Å²) in [6.07, 6.45) is 1.98. The van der Waals surface area contributed by atoms with Crippen molar-refractivity contribution in [1.82, 2.24) is 0 Å². The predicted molar refractivity (Wildman–Crippen MR) is 106 cm³/mol. The molecule has 0 aliphatic heterocycles. The fourth-order valence-electron chi connectivity index (χ4n) is 3.29. The summed E-state index contributed by atoms with van der Waals surface area (Å²) in [5.74, 6) is 0.0741. The van der Waals surface area contributed by atoms with Crippen LogP contribution in [-0.2, 0) is 0 Å². The highest BCUT2D eigenvalue weighted by Gasteiger charge is 2.18. The average molecular weight is 326 g/mol. The number of rotatable bonds is 4. The number of allylic oxidation sites excluding steroid dienone is 1. The van der Waals surface area contributed by atoms with E-state index < -0.39 is 0 Å². The Morgan fingerprint density at radius 1 is 0.760 bits per heavy atom. The third-order valence-corrected chi connectivity index (χ3v) is 4.34. The standard InChI is InChI=1S/C24H22O/c1-17-14-18(2)23(19(3)15-17)24(25)22(21-12-8-5-9-13-21)16-20-10-6-4-7-11-20/h4-16H,1-3H3/b22-16+. The van der Waals surface area contributed by atoms with E-state index in [0.717, 1.165) is 33.4 Å². The van der Waals surface area contributed by atoms with Crippen molar-refractivity contribution in [1.29, 1.82) is 0 Å². The Morgan fingerprint density at radius 2 is 1.28 bits per heavy atom. The number of carbonyl (C=O) groups excluding carboxylic acids is 1. The highest BCUT2D eigenvalue weighted by atomic mass is 16.1. The highest BCUT2D eigenvalue weighted by Crippen LogP contribution is 2.27. The maximum absolute atomic E-state index is 13.4. The van der Waals surface area contributed by atoms with Crippen LogP contribution in [0.25, 0.3) is 11.6 Å². The first kappa shape index (κ1) is 16.9. The van der Waals surface area contributed by atoms with Crippen molar-refractivity contribution < 1.29 is 4.79 Å². The first-order valence-electron chi connectivity index (χ1n) is 8.51.